The average Bonchev–Trinajstić information content (AvgIpc) is 2.72. The lowest BCUT2D eigenvalue weighted by Crippen LogP contribution is -2.11. The molecule has 2 aromatic rings. The number of ether oxygens (including phenoxy) is 4. The number of hydrogen-bond acceptors (Lipinski definition) is 7. The number of methoxy groups -OCH3 is 2. The lowest BCUT2D eigenvalue weighted by atomic mass is 10.1. The monoisotopic (exact) mass is 375 g/mol. The largest absolute Gasteiger partial charge is 0.490 e. The quantitative estimate of drug-likeness (QED) is 0.504. The second-order valence-electron chi connectivity index (χ2n) is 5.82. The van der Waals surface area contributed by atoms with Crippen molar-refractivity contribution in [1.82, 2.24) is 4.98 Å². The normalized spacial score (nSPS) is 11.6. The van der Waals surface area contributed by atoms with Crippen LogP contribution in [0.3, 0.4) is 0 Å². The maximum absolute atomic E-state index is 11.7. The molecule has 1 N–H and O–H groups in total. The van der Waals surface area contributed by atoms with E-state index in [9.17, 15) is 9.90 Å². The van der Waals surface area contributed by atoms with E-state index in [0.717, 1.165) is 12.8 Å². The summed E-state index contributed by atoms with van der Waals surface area (Å²) in [6.07, 6.45) is 2.52. The van der Waals surface area contributed by atoms with Crippen LogP contribution >= 0.6 is 0 Å². The van der Waals surface area contributed by atoms with Gasteiger partial charge in [0.25, 0.3) is 0 Å². The van der Waals surface area contributed by atoms with Gasteiger partial charge >= 0.3 is 5.97 Å². The van der Waals surface area contributed by atoms with E-state index in [-0.39, 0.29) is 6.61 Å². The molecule has 0 fully saturated rings. The van der Waals surface area contributed by atoms with Crippen molar-refractivity contribution in [2.75, 3.05) is 27.4 Å². The van der Waals surface area contributed by atoms with Crippen LogP contribution in [-0.2, 0) is 4.74 Å². The van der Waals surface area contributed by atoms with Crippen molar-refractivity contribution in [2.45, 2.75) is 25.9 Å². The molecular weight excluding hydrogens is 350 g/mol. The highest BCUT2D eigenvalue weighted by Gasteiger charge is 2.15. The second-order valence-corrected chi connectivity index (χ2v) is 5.82. The van der Waals surface area contributed by atoms with Gasteiger partial charge in [-0.1, -0.05) is 13.3 Å². The van der Waals surface area contributed by atoms with E-state index < -0.39 is 12.1 Å². The molecule has 1 unspecified atom stereocenters. The van der Waals surface area contributed by atoms with Crippen LogP contribution in [0.2, 0.25) is 0 Å². The molecule has 0 saturated heterocycles. The number of pyridine rings is 1. The van der Waals surface area contributed by atoms with Crippen molar-refractivity contribution < 1.29 is 28.8 Å². The first-order valence-electron chi connectivity index (χ1n) is 8.75. The zero-order chi connectivity index (χ0) is 19.6. The molecular formula is C20H25NO6. The molecule has 7 heteroatoms. The number of hydrogen-bond donors (Lipinski definition) is 1. The molecule has 1 aromatic carbocycles. The molecule has 0 spiro atoms. The number of nitrogens with zero attached hydrogens (tertiary/aromatic N) is 1. The Morgan fingerprint density at radius 2 is 1.96 bits per heavy atom. The van der Waals surface area contributed by atoms with Gasteiger partial charge < -0.3 is 24.1 Å². The van der Waals surface area contributed by atoms with Gasteiger partial charge in [-0.15, -0.1) is 0 Å². The SMILES string of the molecule is CCCCOc1cc(C(=O)OC)ccc1OCC(O)c1ccc(OC)nc1. The molecule has 2 rings (SSSR count). The summed E-state index contributed by atoms with van der Waals surface area (Å²) in [4.78, 5) is 15.8. The second kappa shape index (κ2) is 10.4. The van der Waals surface area contributed by atoms with Crippen molar-refractivity contribution in [3.63, 3.8) is 0 Å². The molecule has 0 aliphatic heterocycles. The Kier molecular flexibility index (Phi) is 7.88. The van der Waals surface area contributed by atoms with Crippen LogP contribution in [0.1, 0.15) is 41.8 Å². The summed E-state index contributed by atoms with van der Waals surface area (Å²) in [7, 11) is 2.85. The van der Waals surface area contributed by atoms with Crippen molar-refractivity contribution in [2.24, 2.45) is 0 Å². The Labute approximate surface area is 158 Å². The number of carbonyl (C=O) groups is 1. The molecule has 0 aliphatic carbocycles. The Balaban J connectivity index is 2.09. The van der Waals surface area contributed by atoms with Gasteiger partial charge in [-0.2, -0.15) is 0 Å². The van der Waals surface area contributed by atoms with Crippen LogP contribution in [0.15, 0.2) is 36.5 Å². The van der Waals surface area contributed by atoms with Crippen LogP contribution in [0.4, 0.5) is 0 Å². The predicted molar refractivity (Wildman–Crippen MR) is 99.4 cm³/mol. The summed E-state index contributed by atoms with van der Waals surface area (Å²) >= 11 is 0. The molecule has 1 atom stereocenters. The minimum Gasteiger partial charge on any atom is -0.490 e. The molecule has 7 nitrogen and oxygen atoms in total. The van der Waals surface area contributed by atoms with Gasteiger partial charge in [0.1, 0.15) is 12.7 Å². The fourth-order valence-electron chi connectivity index (χ4n) is 2.29. The lowest BCUT2D eigenvalue weighted by molar-refractivity contribution is 0.0599. The molecule has 0 aliphatic rings. The molecule has 0 bridgehead atoms. The van der Waals surface area contributed by atoms with Crippen molar-refractivity contribution in [3.8, 4) is 17.4 Å². The van der Waals surface area contributed by atoms with Crippen LogP contribution in [0, 0.1) is 0 Å². The van der Waals surface area contributed by atoms with Gasteiger partial charge in [0.05, 0.1) is 26.4 Å². The number of benzene rings is 1. The Hall–Kier alpha value is -2.80. The van der Waals surface area contributed by atoms with E-state index in [1.165, 1.54) is 20.4 Å². The average molecular weight is 375 g/mol. The molecule has 0 amide bonds. The third-order valence-electron chi connectivity index (χ3n) is 3.87. The number of aliphatic hydroxyl groups is 1. The fraction of sp³-hybridized carbons (Fsp3) is 0.400. The first kappa shape index (κ1) is 20.5. The van der Waals surface area contributed by atoms with Gasteiger partial charge in [-0.05, 0) is 30.7 Å². The van der Waals surface area contributed by atoms with Gasteiger partial charge in [0, 0.05) is 17.8 Å². The Bertz CT molecular complexity index is 732. The van der Waals surface area contributed by atoms with Crippen LogP contribution in [0.5, 0.6) is 17.4 Å². The minimum absolute atomic E-state index is 0.00964. The summed E-state index contributed by atoms with van der Waals surface area (Å²) in [5.74, 6) is 0.897. The molecule has 146 valence electrons. The minimum atomic E-state index is -0.868. The smallest absolute Gasteiger partial charge is 0.337 e. The summed E-state index contributed by atoms with van der Waals surface area (Å²) in [5.41, 5.74) is 0.978. The van der Waals surface area contributed by atoms with Crippen LogP contribution in [-0.4, -0.2) is 43.5 Å². The maximum atomic E-state index is 11.7. The van der Waals surface area contributed by atoms with Gasteiger partial charge in [0.15, 0.2) is 11.5 Å². The van der Waals surface area contributed by atoms with Crippen molar-refractivity contribution >= 4 is 5.97 Å². The third kappa shape index (κ3) is 5.86. The number of esters is 1. The molecule has 0 saturated carbocycles. The number of aliphatic hydroxyl groups excluding tert-OH is 1. The summed E-state index contributed by atoms with van der Waals surface area (Å²) < 4.78 is 21.2. The van der Waals surface area contributed by atoms with E-state index in [1.54, 1.807) is 30.3 Å². The number of unbranched alkanes of at least 4 members (excludes halogenated alkanes) is 1. The molecule has 1 heterocycles. The summed E-state index contributed by atoms with van der Waals surface area (Å²) in [5, 5.41) is 10.3. The van der Waals surface area contributed by atoms with Crippen LogP contribution in [0.25, 0.3) is 0 Å². The summed E-state index contributed by atoms with van der Waals surface area (Å²) in [6, 6.07) is 8.20. The predicted octanol–water partition coefficient (Wildman–Crippen LogP) is 3.17. The van der Waals surface area contributed by atoms with E-state index >= 15 is 0 Å². The van der Waals surface area contributed by atoms with Crippen LogP contribution < -0.4 is 14.2 Å². The van der Waals surface area contributed by atoms with E-state index in [1.807, 2.05) is 0 Å². The highest BCUT2D eigenvalue weighted by atomic mass is 16.5. The topological polar surface area (TPSA) is 87.1 Å². The lowest BCUT2D eigenvalue weighted by Gasteiger charge is -2.16. The number of rotatable bonds is 10. The van der Waals surface area contributed by atoms with Gasteiger partial charge in [0.2, 0.25) is 5.88 Å². The van der Waals surface area contributed by atoms with Gasteiger partial charge in [-0.25, -0.2) is 9.78 Å². The van der Waals surface area contributed by atoms with E-state index in [2.05, 4.69) is 11.9 Å². The highest BCUT2D eigenvalue weighted by molar-refractivity contribution is 5.90. The molecule has 1 aromatic heterocycles. The maximum Gasteiger partial charge on any atom is 0.337 e. The Morgan fingerprint density at radius 3 is 2.59 bits per heavy atom. The van der Waals surface area contributed by atoms with Crippen molar-refractivity contribution in [3.05, 3.63) is 47.7 Å². The number of carbonyl (C=O) groups excluding carboxylic acids is 1. The van der Waals surface area contributed by atoms with Crippen molar-refractivity contribution in [1.29, 1.82) is 0 Å². The molecule has 27 heavy (non-hydrogen) atoms. The Morgan fingerprint density at radius 1 is 1.15 bits per heavy atom. The van der Waals surface area contributed by atoms with E-state index in [0.29, 0.717) is 35.1 Å². The highest BCUT2D eigenvalue weighted by Crippen LogP contribution is 2.30. The standard InChI is InChI=1S/C20H25NO6/c1-4-5-10-26-18-11-14(20(23)25-3)6-8-17(18)27-13-16(22)15-7-9-19(24-2)21-12-15/h6-9,11-12,16,22H,4-5,10,13H2,1-3H3. The first-order chi connectivity index (χ1) is 13.1. The zero-order valence-electron chi connectivity index (χ0n) is 15.8. The number of aromatic nitrogens is 1. The van der Waals surface area contributed by atoms with E-state index in [4.69, 9.17) is 18.9 Å². The first-order valence-corrected chi connectivity index (χ1v) is 8.75. The van der Waals surface area contributed by atoms with Gasteiger partial charge in [-0.3, -0.25) is 0 Å². The summed E-state index contributed by atoms with van der Waals surface area (Å²) in [6.45, 7) is 2.57. The zero-order valence-corrected chi connectivity index (χ0v) is 15.8. The fourth-order valence-corrected chi connectivity index (χ4v) is 2.29. The molecule has 0 radical (unpaired) electrons. The third-order valence-corrected chi connectivity index (χ3v) is 3.87.